The summed E-state index contributed by atoms with van der Waals surface area (Å²) in [4.78, 5) is 11.4. The van der Waals surface area contributed by atoms with Crippen LogP contribution in [-0.2, 0) is 38.0 Å². The van der Waals surface area contributed by atoms with Gasteiger partial charge in [-0.2, -0.15) is 0 Å². The van der Waals surface area contributed by atoms with E-state index < -0.39 is 0 Å². The maximum atomic E-state index is 11.4. The molecular weight excluding hydrogens is 368 g/mol. The molecule has 0 N–H and O–H groups in total. The largest absolute Gasteiger partial charge is 0.499 e. The molecule has 8 heteroatoms. The van der Waals surface area contributed by atoms with Crippen molar-refractivity contribution in [2.24, 2.45) is 0 Å². The molecule has 0 aromatic rings. The summed E-state index contributed by atoms with van der Waals surface area (Å²) in [6.45, 7) is 11.3. The lowest BCUT2D eigenvalue weighted by molar-refractivity contribution is -0.145. The number of hydrogen-bond donors (Lipinski definition) is 0. The van der Waals surface area contributed by atoms with Crippen molar-refractivity contribution in [3.63, 3.8) is 0 Å². The molecule has 0 aliphatic carbocycles. The van der Waals surface area contributed by atoms with Crippen molar-refractivity contribution >= 4 is 5.97 Å². The molecule has 0 fully saturated rings. The van der Waals surface area contributed by atoms with Gasteiger partial charge in [-0.15, -0.1) is 0 Å². The average Bonchev–Trinajstić information content (AvgIpc) is 2.70. The Morgan fingerprint density at radius 2 is 1.11 bits per heavy atom. The summed E-state index contributed by atoms with van der Waals surface area (Å²) in [6.07, 6.45) is 4.92. The smallest absolute Gasteiger partial charge is 0.305 e. The number of carbonyl (C=O) groups excluding carboxylic acids is 1. The van der Waals surface area contributed by atoms with Crippen LogP contribution in [0.1, 0.15) is 32.6 Å². The molecule has 0 spiro atoms. The Hall–Kier alpha value is -1.19. The van der Waals surface area contributed by atoms with E-state index >= 15 is 0 Å². The summed E-state index contributed by atoms with van der Waals surface area (Å²) in [6, 6.07) is 0. The summed E-state index contributed by atoms with van der Waals surface area (Å²) >= 11 is 0. The van der Waals surface area contributed by atoms with Gasteiger partial charge < -0.3 is 33.2 Å². The average molecular weight is 407 g/mol. The van der Waals surface area contributed by atoms with E-state index in [4.69, 9.17) is 33.2 Å². The van der Waals surface area contributed by atoms with Gasteiger partial charge in [-0.05, 0) is 6.42 Å². The second kappa shape index (κ2) is 23.8. The van der Waals surface area contributed by atoms with E-state index in [1.54, 1.807) is 0 Å². The molecule has 0 saturated carbocycles. The van der Waals surface area contributed by atoms with Gasteiger partial charge in [0.05, 0.1) is 72.3 Å². The van der Waals surface area contributed by atoms with E-state index in [0.29, 0.717) is 85.7 Å². The first kappa shape index (κ1) is 26.8. The number of ether oxygens (including phenoxy) is 7. The predicted octanol–water partition coefficient (Wildman–Crippen LogP) is 2.35. The number of esters is 1. The number of unbranched alkanes of at least 4 members (excludes halogenated alkanes) is 2. The number of rotatable bonds is 23. The molecule has 0 aliphatic rings. The lowest BCUT2D eigenvalue weighted by Gasteiger charge is -2.08. The fourth-order valence-corrected chi connectivity index (χ4v) is 1.98. The van der Waals surface area contributed by atoms with E-state index in [2.05, 4.69) is 13.5 Å². The quantitative estimate of drug-likeness (QED) is 0.145. The third-order valence-corrected chi connectivity index (χ3v) is 3.43. The molecule has 28 heavy (non-hydrogen) atoms. The van der Waals surface area contributed by atoms with Crippen LogP contribution in [-0.4, -0.2) is 85.3 Å². The van der Waals surface area contributed by atoms with Crippen LogP contribution in [0.25, 0.3) is 0 Å². The van der Waals surface area contributed by atoms with E-state index in [0.717, 1.165) is 19.3 Å². The topological polar surface area (TPSA) is 81.7 Å². The SMILES string of the molecule is C=COCCOCCOCCOCCOCCOCCOC(=O)CCCCC. The first-order chi connectivity index (χ1) is 13.8. The minimum Gasteiger partial charge on any atom is -0.499 e. The fraction of sp³-hybridized carbons (Fsp3) is 0.850. The van der Waals surface area contributed by atoms with E-state index in [1.165, 1.54) is 6.26 Å². The maximum Gasteiger partial charge on any atom is 0.305 e. The molecule has 0 bridgehead atoms. The highest BCUT2D eigenvalue weighted by molar-refractivity contribution is 5.69. The summed E-state index contributed by atoms with van der Waals surface area (Å²) in [5.41, 5.74) is 0. The molecule has 8 nitrogen and oxygen atoms in total. The van der Waals surface area contributed by atoms with E-state index in [-0.39, 0.29) is 5.97 Å². The number of carbonyl (C=O) groups is 1. The standard InChI is InChI=1S/C20H38O8/c1-3-5-6-7-20(21)28-19-18-27-17-16-26-15-14-25-13-12-24-11-10-23-9-8-22-4-2/h4H,2-3,5-19H2,1H3. The summed E-state index contributed by atoms with van der Waals surface area (Å²) in [7, 11) is 0. The van der Waals surface area contributed by atoms with Crippen molar-refractivity contribution in [2.45, 2.75) is 32.6 Å². The molecule has 0 radical (unpaired) electrons. The zero-order valence-electron chi connectivity index (χ0n) is 17.4. The van der Waals surface area contributed by atoms with Crippen LogP contribution in [0.15, 0.2) is 12.8 Å². The highest BCUT2D eigenvalue weighted by Gasteiger charge is 2.01. The first-order valence-electron chi connectivity index (χ1n) is 10.1. The molecule has 0 heterocycles. The van der Waals surface area contributed by atoms with Gasteiger partial charge in [0.2, 0.25) is 0 Å². The third-order valence-electron chi connectivity index (χ3n) is 3.43. The Morgan fingerprint density at radius 1 is 0.679 bits per heavy atom. The minimum absolute atomic E-state index is 0.153. The molecule has 0 aromatic carbocycles. The van der Waals surface area contributed by atoms with Crippen LogP contribution in [0.2, 0.25) is 0 Å². The van der Waals surface area contributed by atoms with Gasteiger partial charge in [-0.1, -0.05) is 26.3 Å². The summed E-state index contributed by atoms with van der Waals surface area (Å²) in [5, 5.41) is 0. The van der Waals surface area contributed by atoms with Crippen molar-refractivity contribution in [3.05, 3.63) is 12.8 Å². The van der Waals surface area contributed by atoms with Crippen LogP contribution in [0.4, 0.5) is 0 Å². The minimum atomic E-state index is -0.153. The van der Waals surface area contributed by atoms with Crippen LogP contribution in [0, 0.1) is 0 Å². The number of hydrogen-bond acceptors (Lipinski definition) is 8. The molecule has 0 amide bonds. The molecule has 0 aliphatic heterocycles. The Morgan fingerprint density at radius 3 is 1.54 bits per heavy atom. The van der Waals surface area contributed by atoms with Crippen LogP contribution in [0.3, 0.4) is 0 Å². The van der Waals surface area contributed by atoms with Gasteiger partial charge in [-0.3, -0.25) is 4.79 Å². The van der Waals surface area contributed by atoms with Gasteiger partial charge in [0.15, 0.2) is 0 Å². The fourth-order valence-electron chi connectivity index (χ4n) is 1.98. The second-order valence-electron chi connectivity index (χ2n) is 5.78. The third kappa shape index (κ3) is 22.9. The Kier molecular flexibility index (Phi) is 22.8. The maximum absolute atomic E-state index is 11.4. The molecule has 0 rings (SSSR count). The Labute approximate surface area is 169 Å². The van der Waals surface area contributed by atoms with Crippen molar-refractivity contribution < 1.29 is 38.0 Å². The monoisotopic (exact) mass is 406 g/mol. The lowest BCUT2D eigenvalue weighted by atomic mass is 10.2. The van der Waals surface area contributed by atoms with Crippen molar-refractivity contribution in [1.82, 2.24) is 0 Å². The van der Waals surface area contributed by atoms with Crippen molar-refractivity contribution in [2.75, 3.05) is 79.3 Å². The summed E-state index contributed by atoms with van der Waals surface area (Å²) < 4.78 is 36.7. The lowest BCUT2D eigenvalue weighted by Crippen LogP contribution is -2.15. The highest BCUT2D eigenvalue weighted by atomic mass is 16.6. The molecule has 0 saturated heterocycles. The first-order valence-corrected chi connectivity index (χ1v) is 10.1. The van der Waals surface area contributed by atoms with Crippen LogP contribution >= 0.6 is 0 Å². The van der Waals surface area contributed by atoms with Gasteiger partial charge >= 0.3 is 5.97 Å². The van der Waals surface area contributed by atoms with Crippen molar-refractivity contribution in [3.8, 4) is 0 Å². The molecule has 166 valence electrons. The normalized spacial score (nSPS) is 10.8. The highest BCUT2D eigenvalue weighted by Crippen LogP contribution is 2.00. The Bertz CT molecular complexity index is 338. The zero-order chi connectivity index (χ0) is 20.5. The van der Waals surface area contributed by atoms with Crippen LogP contribution in [0.5, 0.6) is 0 Å². The van der Waals surface area contributed by atoms with Crippen LogP contribution < -0.4 is 0 Å². The molecular formula is C20H38O8. The predicted molar refractivity (Wildman–Crippen MR) is 105 cm³/mol. The van der Waals surface area contributed by atoms with Gasteiger partial charge in [0, 0.05) is 6.42 Å². The van der Waals surface area contributed by atoms with E-state index in [9.17, 15) is 4.79 Å². The molecule has 0 atom stereocenters. The van der Waals surface area contributed by atoms with Gasteiger partial charge in [0.25, 0.3) is 0 Å². The second-order valence-corrected chi connectivity index (χ2v) is 5.78. The van der Waals surface area contributed by atoms with Gasteiger partial charge in [-0.25, -0.2) is 0 Å². The van der Waals surface area contributed by atoms with Gasteiger partial charge in [0.1, 0.15) is 13.2 Å². The summed E-state index contributed by atoms with van der Waals surface area (Å²) in [5.74, 6) is -0.153. The molecule has 0 aromatic heterocycles. The van der Waals surface area contributed by atoms with Crippen molar-refractivity contribution in [1.29, 1.82) is 0 Å². The Balaban J connectivity index is 3.06. The zero-order valence-corrected chi connectivity index (χ0v) is 17.4. The van der Waals surface area contributed by atoms with E-state index in [1.807, 2.05) is 0 Å². The molecule has 0 unspecified atom stereocenters.